The van der Waals surface area contributed by atoms with Crippen molar-refractivity contribution in [3.63, 3.8) is 0 Å². The molecule has 1 atom stereocenters. The molecule has 3 N–H and O–H groups in total. The number of rotatable bonds is 7. The predicted octanol–water partition coefficient (Wildman–Crippen LogP) is 2.19. The maximum atomic E-state index is 13.5. The highest BCUT2D eigenvalue weighted by Crippen LogP contribution is 2.25. The Hall–Kier alpha value is -2.30. The van der Waals surface area contributed by atoms with E-state index >= 15 is 0 Å². The standard InChI is InChI=1S/C19H26FN3O3/c1-3-11-26-18-6-5-14(20)12-17(18)22-19(25)21-15-7-9-23(10-8-15)13-16(24)4-2/h1,5-6,12,15-16,24H,4,7-11,13H2,2H3,(H2,21,22,25)/t16-/m0/s1. The molecule has 1 saturated heterocycles. The Balaban J connectivity index is 1.84. The van der Waals surface area contributed by atoms with Crippen LogP contribution in [0.15, 0.2) is 18.2 Å². The van der Waals surface area contributed by atoms with E-state index in [0.717, 1.165) is 32.4 Å². The number of nitrogens with zero attached hydrogens (tertiary/aromatic N) is 1. The number of terminal acetylenes is 1. The molecular formula is C19H26FN3O3. The van der Waals surface area contributed by atoms with Gasteiger partial charge in [-0.05, 0) is 31.4 Å². The molecule has 1 fully saturated rings. The van der Waals surface area contributed by atoms with Crippen LogP contribution in [0.5, 0.6) is 5.75 Å². The first-order chi connectivity index (χ1) is 12.5. The van der Waals surface area contributed by atoms with Gasteiger partial charge in [0.15, 0.2) is 0 Å². The first-order valence-electron chi connectivity index (χ1n) is 8.85. The number of anilines is 1. The van der Waals surface area contributed by atoms with Crippen molar-refractivity contribution in [3.8, 4) is 18.1 Å². The minimum atomic E-state index is -0.476. The number of hydrogen-bond acceptors (Lipinski definition) is 4. The van der Waals surface area contributed by atoms with Crippen molar-refractivity contribution in [2.45, 2.75) is 38.3 Å². The topological polar surface area (TPSA) is 73.8 Å². The van der Waals surface area contributed by atoms with Gasteiger partial charge in [0.05, 0.1) is 11.8 Å². The van der Waals surface area contributed by atoms with Crippen LogP contribution >= 0.6 is 0 Å². The van der Waals surface area contributed by atoms with E-state index in [1.807, 2.05) is 6.92 Å². The van der Waals surface area contributed by atoms with Gasteiger partial charge in [0.25, 0.3) is 0 Å². The van der Waals surface area contributed by atoms with Crippen molar-refractivity contribution in [1.29, 1.82) is 0 Å². The van der Waals surface area contributed by atoms with Crippen LogP contribution in [0.4, 0.5) is 14.9 Å². The number of amides is 2. The minimum absolute atomic E-state index is 0.0317. The third-order valence-corrected chi connectivity index (χ3v) is 4.36. The van der Waals surface area contributed by atoms with Gasteiger partial charge in [0.1, 0.15) is 18.2 Å². The number of halogens is 1. The summed E-state index contributed by atoms with van der Waals surface area (Å²) in [6, 6.07) is 3.50. The van der Waals surface area contributed by atoms with E-state index in [1.165, 1.54) is 18.2 Å². The molecule has 0 aromatic heterocycles. The Morgan fingerprint density at radius 3 is 2.88 bits per heavy atom. The molecule has 142 valence electrons. The van der Waals surface area contributed by atoms with Gasteiger partial charge < -0.3 is 25.4 Å². The Bertz CT molecular complexity index is 639. The van der Waals surface area contributed by atoms with Crippen molar-refractivity contribution >= 4 is 11.7 Å². The number of benzene rings is 1. The molecule has 0 aliphatic carbocycles. The first-order valence-corrected chi connectivity index (χ1v) is 8.85. The van der Waals surface area contributed by atoms with Crippen LogP contribution in [0.3, 0.4) is 0 Å². The number of β-amino-alcohol motifs (C(OH)–C–C–N with tert-alkyl or cyclic N) is 1. The number of hydrogen-bond donors (Lipinski definition) is 3. The van der Waals surface area contributed by atoms with Gasteiger partial charge in [-0.15, -0.1) is 6.42 Å². The number of aliphatic hydroxyl groups is 1. The van der Waals surface area contributed by atoms with Gasteiger partial charge in [-0.2, -0.15) is 0 Å². The molecule has 6 nitrogen and oxygen atoms in total. The zero-order valence-electron chi connectivity index (χ0n) is 15.0. The quantitative estimate of drug-likeness (QED) is 0.650. The largest absolute Gasteiger partial charge is 0.479 e. The monoisotopic (exact) mass is 363 g/mol. The molecule has 7 heteroatoms. The molecule has 26 heavy (non-hydrogen) atoms. The highest BCUT2D eigenvalue weighted by Gasteiger charge is 2.22. The highest BCUT2D eigenvalue weighted by atomic mass is 19.1. The summed E-state index contributed by atoms with van der Waals surface area (Å²) in [6.45, 7) is 4.28. The van der Waals surface area contributed by atoms with Crippen molar-refractivity contribution < 1.29 is 19.0 Å². The van der Waals surface area contributed by atoms with Gasteiger partial charge in [-0.1, -0.05) is 12.8 Å². The van der Waals surface area contributed by atoms with Gasteiger partial charge in [0, 0.05) is 31.7 Å². The molecule has 0 bridgehead atoms. The molecule has 1 aromatic rings. The lowest BCUT2D eigenvalue weighted by molar-refractivity contribution is 0.0925. The van der Waals surface area contributed by atoms with Crippen LogP contribution in [0.1, 0.15) is 26.2 Å². The van der Waals surface area contributed by atoms with Crippen molar-refractivity contribution in [1.82, 2.24) is 10.2 Å². The van der Waals surface area contributed by atoms with Crippen LogP contribution < -0.4 is 15.4 Å². The van der Waals surface area contributed by atoms with E-state index in [1.54, 1.807) is 0 Å². The maximum Gasteiger partial charge on any atom is 0.319 e. The minimum Gasteiger partial charge on any atom is -0.479 e. The van der Waals surface area contributed by atoms with Gasteiger partial charge >= 0.3 is 6.03 Å². The number of aliphatic hydroxyl groups excluding tert-OH is 1. The van der Waals surface area contributed by atoms with E-state index in [-0.39, 0.29) is 24.4 Å². The predicted molar refractivity (Wildman–Crippen MR) is 98.6 cm³/mol. The normalized spacial score (nSPS) is 16.5. The lowest BCUT2D eigenvalue weighted by atomic mass is 10.0. The molecule has 1 aliphatic heterocycles. The molecule has 0 saturated carbocycles. The molecule has 0 spiro atoms. The summed E-state index contributed by atoms with van der Waals surface area (Å²) in [5.74, 6) is 2.18. The number of ether oxygens (including phenoxy) is 1. The summed E-state index contributed by atoms with van der Waals surface area (Å²) < 4.78 is 18.8. The third kappa shape index (κ3) is 6.21. The van der Waals surface area contributed by atoms with E-state index in [0.29, 0.717) is 12.3 Å². The number of carbonyl (C=O) groups is 1. The van der Waals surface area contributed by atoms with E-state index < -0.39 is 11.8 Å². The Labute approximate surface area is 153 Å². The van der Waals surface area contributed by atoms with Crippen LogP contribution in [0.2, 0.25) is 0 Å². The maximum absolute atomic E-state index is 13.5. The average Bonchev–Trinajstić information content (AvgIpc) is 2.62. The zero-order chi connectivity index (χ0) is 18.9. The summed E-state index contributed by atoms with van der Waals surface area (Å²) >= 11 is 0. The van der Waals surface area contributed by atoms with Crippen molar-refractivity contribution in [2.75, 3.05) is 31.6 Å². The molecule has 1 aliphatic rings. The highest BCUT2D eigenvalue weighted by molar-refractivity contribution is 5.91. The molecule has 0 unspecified atom stereocenters. The SMILES string of the molecule is C#CCOc1ccc(F)cc1NC(=O)NC1CCN(C[C@@H](O)CC)CC1. The average molecular weight is 363 g/mol. The fraction of sp³-hybridized carbons (Fsp3) is 0.526. The molecule has 2 rings (SSSR count). The summed E-state index contributed by atoms with van der Waals surface area (Å²) in [4.78, 5) is 14.4. The Morgan fingerprint density at radius 2 is 2.23 bits per heavy atom. The summed E-state index contributed by atoms with van der Waals surface area (Å²) in [6.07, 6.45) is 7.19. The fourth-order valence-corrected chi connectivity index (χ4v) is 2.88. The number of nitrogens with one attached hydrogen (secondary N) is 2. The molecule has 1 heterocycles. The second-order valence-electron chi connectivity index (χ2n) is 6.37. The van der Waals surface area contributed by atoms with E-state index in [4.69, 9.17) is 11.2 Å². The number of likely N-dealkylation sites (tertiary alicyclic amines) is 1. The van der Waals surface area contributed by atoms with Crippen molar-refractivity contribution in [3.05, 3.63) is 24.0 Å². The van der Waals surface area contributed by atoms with Crippen LogP contribution in [-0.4, -0.2) is 54.4 Å². The molecular weight excluding hydrogens is 337 g/mol. The second kappa shape index (κ2) is 10.00. The fourth-order valence-electron chi connectivity index (χ4n) is 2.88. The number of piperidine rings is 1. The van der Waals surface area contributed by atoms with E-state index in [9.17, 15) is 14.3 Å². The first kappa shape index (κ1) is 20.0. The van der Waals surface area contributed by atoms with Crippen LogP contribution in [0, 0.1) is 18.2 Å². The van der Waals surface area contributed by atoms with Crippen LogP contribution in [-0.2, 0) is 0 Å². The van der Waals surface area contributed by atoms with E-state index in [2.05, 4.69) is 21.5 Å². The second-order valence-corrected chi connectivity index (χ2v) is 6.37. The van der Waals surface area contributed by atoms with Gasteiger partial charge in [-0.25, -0.2) is 9.18 Å². The lowest BCUT2D eigenvalue weighted by Gasteiger charge is -2.33. The summed E-state index contributed by atoms with van der Waals surface area (Å²) in [5.41, 5.74) is 0.237. The molecule has 2 amide bonds. The number of urea groups is 1. The molecule has 1 aromatic carbocycles. The Kier molecular flexibility index (Phi) is 7.70. The summed E-state index contributed by atoms with van der Waals surface area (Å²) in [7, 11) is 0. The smallest absolute Gasteiger partial charge is 0.319 e. The molecule has 0 radical (unpaired) electrons. The van der Waals surface area contributed by atoms with Gasteiger partial charge in [-0.3, -0.25) is 0 Å². The van der Waals surface area contributed by atoms with Crippen LogP contribution in [0.25, 0.3) is 0 Å². The van der Waals surface area contributed by atoms with Gasteiger partial charge in [0.2, 0.25) is 0 Å². The van der Waals surface area contributed by atoms with Crippen molar-refractivity contribution in [2.24, 2.45) is 0 Å². The Morgan fingerprint density at radius 1 is 1.50 bits per heavy atom. The number of carbonyl (C=O) groups excluding carboxylic acids is 1. The zero-order valence-corrected chi connectivity index (χ0v) is 15.0. The third-order valence-electron chi connectivity index (χ3n) is 4.36. The summed E-state index contributed by atoms with van der Waals surface area (Å²) in [5, 5.41) is 15.2. The lowest BCUT2D eigenvalue weighted by Crippen LogP contribution is -2.47.